The van der Waals surface area contributed by atoms with E-state index in [4.69, 9.17) is 27.4 Å². The van der Waals surface area contributed by atoms with Crippen LogP contribution in [0.15, 0.2) is 4.99 Å². The number of carbonyl (C=O) groups is 5. The van der Waals surface area contributed by atoms with Crippen molar-refractivity contribution in [3.8, 4) is 0 Å². The number of aliphatic imine (C=N–C) groups is 1. The molecule has 31 heavy (non-hydrogen) atoms. The molecule has 15 heteroatoms. The van der Waals surface area contributed by atoms with E-state index < -0.39 is 60.2 Å². The van der Waals surface area contributed by atoms with Gasteiger partial charge in [-0.25, -0.2) is 0 Å². The lowest BCUT2D eigenvalue weighted by Crippen LogP contribution is -2.57. The van der Waals surface area contributed by atoms with Crippen molar-refractivity contribution in [2.45, 2.75) is 50.4 Å². The van der Waals surface area contributed by atoms with E-state index in [1.165, 1.54) is 6.92 Å². The molecule has 0 aliphatic carbocycles. The summed E-state index contributed by atoms with van der Waals surface area (Å²) in [5, 5.41) is 24.6. The second kappa shape index (κ2) is 14.0. The van der Waals surface area contributed by atoms with E-state index in [0.29, 0.717) is 0 Å². The molecule has 0 spiro atoms. The van der Waals surface area contributed by atoms with E-state index in [9.17, 15) is 24.0 Å². The minimum Gasteiger partial charge on any atom is -0.481 e. The van der Waals surface area contributed by atoms with Gasteiger partial charge in [0.25, 0.3) is 0 Å². The average molecular weight is 464 g/mol. The highest BCUT2D eigenvalue weighted by Gasteiger charge is 2.30. The zero-order valence-electron chi connectivity index (χ0n) is 16.9. The molecule has 11 N–H and O–H groups in total. The molecule has 0 aliphatic heterocycles. The van der Waals surface area contributed by atoms with Gasteiger partial charge in [-0.05, 0) is 19.8 Å². The van der Waals surface area contributed by atoms with Crippen molar-refractivity contribution >= 4 is 48.2 Å². The SMILES string of the molecule is CC(NC(=O)C(CC(=O)O)NC(=O)C(CCCN=C(N)N)NC(=O)C(N)CS)C(=O)O. The van der Waals surface area contributed by atoms with Gasteiger partial charge in [-0.1, -0.05) is 0 Å². The lowest BCUT2D eigenvalue weighted by Gasteiger charge is -2.23. The third-order valence-electron chi connectivity index (χ3n) is 3.85. The Labute approximate surface area is 183 Å². The number of carboxylic acids is 2. The summed E-state index contributed by atoms with van der Waals surface area (Å²) in [5.74, 6) is -5.47. The van der Waals surface area contributed by atoms with Gasteiger partial charge in [0.1, 0.15) is 18.1 Å². The average Bonchev–Trinajstić information content (AvgIpc) is 2.67. The number of nitrogens with zero attached hydrogens (tertiary/aromatic N) is 1. The first kappa shape index (κ1) is 27.9. The highest BCUT2D eigenvalue weighted by molar-refractivity contribution is 7.80. The van der Waals surface area contributed by atoms with E-state index >= 15 is 0 Å². The number of carboxylic acid groups (broad SMARTS) is 2. The monoisotopic (exact) mass is 463 g/mol. The van der Waals surface area contributed by atoms with Crippen molar-refractivity contribution in [1.29, 1.82) is 0 Å². The first-order valence-corrected chi connectivity index (χ1v) is 9.79. The molecule has 0 fully saturated rings. The smallest absolute Gasteiger partial charge is 0.325 e. The van der Waals surface area contributed by atoms with Crippen LogP contribution >= 0.6 is 12.6 Å². The number of guanidine groups is 1. The van der Waals surface area contributed by atoms with E-state index in [0.717, 1.165) is 0 Å². The summed E-state index contributed by atoms with van der Waals surface area (Å²) in [7, 11) is 0. The molecule has 3 amide bonds. The van der Waals surface area contributed by atoms with Crippen LogP contribution in [0.5, 0.6) is 0 Å². The molecule has 0 saturated heterocycles. The van der Waals surface area contributed by atoms with Crippen molar-refractivity contribution in [1.82, 2.24) is 16.0 Å². The Kier molecular flexibility index (Phi) is 12.6. The Hall–Kier alpha value is -3.07. The largest absolute Gasteiger partial charge is 0.481 e. The fourth-order valence-corrected chi connectivity index (χ4v) is 2.33. The molecule has 0 aromatic carbocycles. The molecule has 0 rings (SSSR count). The normalized spacial score (nSPS) is 14.3. The third kappa shape index (κ3) is 11.6. The number of hydrogen-bond acceptors (Lipinski definition) is 8. The Bertz CT molecular complexity index is 700. The molecule has 0 aromatic heterocycles. The van der Waals surface area contributed by atoms with Gasteiger partial charge in [-0.3, -0.25) is 29.0 Å². The van der Waals surface area contributed by atoms with Gasteiger partial charge in [0, 0.05) is 12.3 Å². The van der Waals surface area contributed by atoms with Crippen molar-refractivity contribution in [2.75, 3.05) is 12.3 Å². The summed E-state index contributed by atoms with van der Waals surface area (Å²) < 4.78 is 0. The maximum atomic E-state index is 12.7. The maximum absolute atomic E-state index is 12.7. The highest BCUT2D eigenvalue weighted by atomic mass is 32.1. The van der Waals surface area contributed by atoms with Crippen molar-refractivity contribution in [3.05, 3.63) is 0 Å². The van der Waals surface area contributed by atoms with Crippen LogP contribution in [-0.4, -0.2) is 82.3 Å². The Morgan fingerprint density at radius 1 is 0.968 bits per heavy atom. The van der Waals surface area contributed by atoms with Crippen LogP contribution in [0.3, 0.4) is 0 Å². The lowest BCUT2D eigenvalue weighted by molar-refractivity contribution is -0.143. The summed E-state index contributed by atoms with van der Waals surface area (Å²) in [5.41, 5.74) is 16.0. The topological polar surface area (TPSA) is 252 Å². The summed E-state index contributed by atoms with van der Waals surface area (Å²) in [4.78, 5) is 62.7. The lowest BCUT2D eigenvalue weighted by atomic mass is 10.1. The van der Waals surface area contributed by atoms with Crippen LogP contribution in [0, 0.1) is 0 Å². The van der Waals surface area contributed by atoms with Gasteiger partial charge in [0.15, 0.2) is 5.96 Å². The number of carbonyl (C=O) groups excluding carboxylic acids is 3. The van der Waals surface area contributed by atoms with Gasteiger partial charge in [0.2, 0.25) is 17.7 Å². The van der Waals surface area contributed by atoms with E-state index in [2.05, 4.69) is 33.6 Å². The van der Waals surface area contributed by atoms with Crippen LogP contribution in [-0.2, 0) is 24.0 Å². The number of thiol groups is 1. The molecular formula is C16H29N7O7S. The number of hydrogen-bond donors (Lipinski definition) is 9. The number of aliphatic carboxylic acids is 2. The van der Waals surface area contributed by atoms with E-state index in [1.807, 2.05) is 0 Å². The predicted molar refractivity (Wildman–Crippen MR) is 113 cm³/mol. The van der Waals surface area contributed by atoms with Crippen LogP contribution in [0.4, 0.5) is 0 Å². The molecule has 14 nitrogen and oxygen atoms in total. The highest BCUT2D eigenvalue weighted by Crippen LogP contribution is 2.03. The summed E-state index contributed by atoms with van der Waals surface area (Å²) in [6.07, 6.45) is -0.506. The maximum Gasteiger partial charge on any atom is 0.325 e. The number of amides is 3. The molecule has 0 bridgehead atoms. The molecule has 0 aromatic rings. The van der Waals surface area contributed by atoms with Gasteiger partial charge in [-0.2, -0.15) is 12.6 Å². The van der Waals surface area contributed by atoms with Crippen LogP contribution < -0.4 is 33.2 Å². The van der Waals surface area contributed by atoms with Crippen LogP contribution in [0.2, 0.25) is 0 Å². The predicted octanol–water partition coefficient (Wildman–Crippen LogP) is -3.67. The molecule has 0 radical (unpaired) electrons. The third-order valence-corrected chi connectivity index (χ3v) is 4.25. The van der Waals surface area contributed by atoms with Gasteiger partial charge < -0.3 is 43.4 Å². The van der Waals surface area contributed by atoms with E-state index in [1.54, 1.807) is 0 Å². The van der Waals surface area contributed by atoms with Crippen molar-refractivity contribution in [3.63, 3.8) is 0 Å². The van der Waals surface area contributed by atoms with Gasteiger partial charge >= 0.3 is 11.9 Å². The summed E-state index contributed by atoms with van der Waals surface area (Å²) in [6, 6.07) is -5.09. The first-order valence-electron chi connectivity index (χ1n) is 9.16. The fraction of sp³-hybridized carbons (Fsp3) is 0.625. The molecule has 4 unspecified atom stereocenters. The number of rotatable bonds is 14. The molecule has 0 heterocycles. The Morgan fingerprint density at radius 2 is 1.52 bits per heavy atom. The number of nitrogens with one attached hydrogen (secondary N) is 3. The molecular weight excluding hydrogens is 434 g/mol. The molecule has 176 valence electrons. The Balaban J connectivity index is 5.39. The van der Waals surface area contributed by atoms with Crippen LogP contribution in [0.25, 0.3) is 0 Å². The summed E-state index contributed by atoms with van der Waals surface area (Å²) >= 11 is 3.91. The quantitative estimate of drug-likeness (QED) is 0.0528. The van der Waals surface area contributed by atoms with Crippen molar-refractivity contribution in [2.24, 2.45) is 22.2 Å². The standard InChI is InChI=1S/C16H29N7O7S/c1-7(15(29)30)21-14(28)10(5-11(24)25)23-13(27)9(3-2-4-20-16(18)19)22-12(26)8(17)6-31/h7-10,31H,2-6,17H2,1H3,(H,21,28)(H,22,26)(H,23,27)(H,24,25)(H,29,30)(H4,18,19,20). The zero-order valence-corrected chi connectivity index (χ0v) is 17.8. The minimum atomic E-state index is -1.58. The van der Waals surface area contributed by atoms with Crippen LogP contribution in [0.1, 0.15) is 26.2 Å². The van der Waals surface area contributed by atoms with Gasteiger partial charge in [-0.15, -0.1) is 0 Å². The molecule has 0 aliphatic rings. The summed E-state index contributed by atoms with van der Waals surface area (Å²) in [6.45, 7) is 1.32. The van der Waals surface area contributed by atoms with Crippen molar-refractivity contribution < 1.29 is 34.2 Å². The fourth-order valence-electron chi connectivity index (χ4n) is 2.17. The first-order chi connectivity index (χ1) is 14.4. The van der Waals surface area contributed by atoms with Gasteiger partial charge in [0.05, 0.1) is 12.5 Å². The zero-order chi connectivity index (χ0) is 24.1. The second-order valence-electron chi connectivity index (χ2n) is 6.53. The number of nitrogens with two attached hydrogens (primary N) is 3. The molecule has 4 atom stereocenters. The molecule has 0 saturated carbocycles. The minimum absolute atomic E-state index is 0.00525. The van der Waals surface area contributed by atoms with E-state index in [-0.39, 0.29) is 31.1 Å². The Morgan fingerprint density at radius 3 is 2.00 bits per heavy atom. The second-order valence-corrected chi connectivity index (χ2v) is 6.89.